The summed E-state index contributed by atoms with van der Waals surface area (Å²) in [5.74, 6) is 0. The van der Waals surface area contributed by atoms with Gasteiger partial charge in [0.25, 0.3) is 0 Å². The monoisotopic (exact) mass is 319 g/mol. The van der Waals surface area contributed by atoms with E-state index in [1.807, 2.05) is 12.3 Å². The molecule has 4 heteroatoms. The van der Waals surface area contributed by atoms with Crippen molar-refractivity contribution in [3.63, 3.8) is 0 Å². The van der Waals surface area contributed by atoms with Gasteiger partial charge in [-0.1, -0.05) is 28.1 Å². The van der Waals surface area contributed by atoms with Gasteiger partial charge in [-0.3, -0.25) is 9.88 Å². The maximum absolute atomic E-state index is 5.96. The number of fused-ring (bicyclic) bond motifs is 1. The van der Waals surface area contributed by atoms with Crippen LogP contribution in [0.5, 0.6) is 0 Å². The molecule has 1 aliphatic heterocycles. The average molecular weight is 320 g/mol. The van der Waals surface area contributed by atoms with E-state index in [-0.39, 0.29) is 0 Å². The van der Waals surface area contributed by atoms with Crippen LogP contribution in [0.3, 0.4) is 0 Å². The standard InChI is InChI=1S/C15H18BrN3/c16-14-4-3-11(15-13(14)2-1-7-18-15)10-19-8-5-12(17)6-9-19/h1-4,7,12H,5-6,8-10,17H2. The molecule has 19 heavy (non-hydrogen) atoms. The molecular formula is C15H18BrN3. The van der Waals surface area contributed by atoms with E-state index < -0.39 is 0 Å². The molecule has 0 spiro atoms. The maximum Gasteiger partial charge on any atom is 0.0758 e. The molecule has 0 aliphatic carbocycles. The number of halogens is 1. The number of hydrogen-bond acceptors (Lipinski definition) is 3. The van der Waals surface area contributed by atoms with Crippen LogP contribution in [-0.2, 0) is 6.54 Å². The van der Waals surface area contributed by atoms with Crippen LogP contribution in [0.2, 0.25) is 0 Å². The highest BCUT2D eigenvalue weighted by Crippen LogP contribution is 2.26. The second-order valence-corrected chi connectivity index (χ2v) is 6.07. The summed E-state index contributed by atoms with van der Waals surface area (Å²) >= 11 is 3.59. The summed E-state index contributed by atoms with van der Waals surface area (Å²) in [4.78, 5) is 7.01. The molecule has 2 heterocycles. The SMILES string of the molecule is NC1CCN(Cc2ccc(Br)c3cccnc23)CC1. The van der Waals surface area contributed by atoms with Crippen LogP contribution < -0.4 is 5.73 Å². The molecule has 0 bridgehead atoms. The lowest BCUT2D eigenvalue weighted by Crippen LogP contribution is -2.39. The van der Waals surface area contributed by atoms with Crippen LogP contribution in [0.25, 0.3) is 10.9 Å². The van der Waals surface area contributed by atoms with Gasteiger partial charge in [0.05, 0.1) is 5.52 Å². The van der Waals surface area contributed by atoms with Crippen LogP contribution in [0.4, 0.5) is 0 Å². The molecule has 3 nitrogen and oxygen atoms in total. The first kappa shape index (κ1) is 13.0. The molecule has 0 radical (unpaired) electrons. The maximum atomic E-state index is 5.96. The van der Waals surface area contributed by atoms with Gasteiger partial charge in [-0.05, 0) is 43.6 Å². The Morgan fingerprint density at radius 3 is 2.84 bits per heavy atom. The fourth-order valence-electron chi connectivity index (χ4n) is 2.68. The normalized spacial score (nSPS) is 18.0. The zero-order chi connectivity index (χ0) is 13.2. The summed E-state index contributed by atoms with van der Waals surface area (Å²) in [5.41, 5.74) is 8.36. The Morgan fingerprint density at radius 1 is 1.26 bits per heavy atom. The summed E-state index contributed by atoms with van der Waals surface area (Å²) in [5, 5.41) is 1.19. The number of rotatable bonds is 2. The Bertz CT molecular complexity index is 577. The molecule has 0 saturated carbocycles. The van der Waals surface area contributed by atoms with Crippen molar-refractivity contribution in [3.8, 4) is 0 Å². The third kappa shape index (κ3) is 2.81. The lowest BCUT2D eigenvalue weighted by atomic mass is 10.0. The first-order chi connectivity index (χ1) is 9.24. The first-order valence-corrected chi connectivity index (χ1v) is 7.53. The molecule has 1 aliphatic rings. The zero-order valence-corrected chi connectivity index (χ0v) is 12.4. The van der Waals surface area contributed by atoms with E-state index in [0.29, 0.717) is 6.04 Å². The van der Waals surface area contributed by atoms with Crippen molar-refractivity contribution < 1.29 is 0 Å². The van der Waals surface area contributed by atoms with Crippen LogP contribution in [-0.4, -0.2) is 29.0 Å². The van der Waals surface area contributed by atoms with Crippen molar-refractivity contribution in [2.75, 3.05) is 13.1 Å². The highest BCUT2D eigenvalue weighted by Gasteiger charge is 2.17. The summed E-state index contributed by atoms with van der Waals surface area (Å²) < 4.78 is 1.11. The molecule has 2 aromatic rings. The van der Waals surface area contributed by atoms with E-state index in [1.54, 1.807) is 0 Å². The second kappa shape index (κ2) is 5.57. The topological polar surface area (TPSA) is 42.1 Å². The Hall–Kier alpha value is -0.970. The van der Waals surface area contributed by atoms with Crippen LogP contribution in [0.1, 0.15) is 18.4 Å². The quantitative estimate of drug-likeness (QED) is 0.925. The molecule has 1 fully saturated rings. The highest BCUT2D eigenvalue weighted by molar-refractivity contribution is 9.10. The predicted octanol–water partition coefficient (Wildman–Crippen LogP) is 2.92. The van der Waals surface area contributed by atoms with Gasteiger partial charge in [0.15, 0.2) is 0 Å². The third-order valence-electron chi connectivity index (χ3n) is 3.83. The molecule has 2 N–H and O–H groups in total. The third-order valence-corrected chi connectivity index (χ3v) is 4.52. The molecule has 0 amide bonds. The van der Waals surface area contributed by atoms with E-state index in [2.05, 4.69) is 44.0 Å². The smallest absolute Gasteiger partial charge is 0.0758 e. The second-order valence-electron chi connectivity index (χ2n) is 5.22. The van der Waals surface area contributed by atoms with E-state index >= 15 is 0 Å². The average Bonchev–Trinajstić information content (AvgIpc) is 2.45. The molecule has 0 unspecified atom stereocenters. The Kier molecular flexibility index (Phi) is 3.82. The van der Waals surface area contributed by atoms with E-state index in [0.717, 1.165) is 42.5 Å². The number of pyridine rings is 1. The summed E-state index contributed by atoms with van der Waals surface area (Å²) in [6, 6.07) is 8.78. The Balaban J connectivity index is 1.87. The van der Waals surface area contributed by atoms with Crippen molar-refractivity contribution in [2.45, 2.75) is 25.4 Å². The van der Waals surface area contributed by atoms with E-state index in [9.17, 15) is 0 Å². The van der Waals surface area contributed by atoms with Gasteiger partial charge in [0.1, 0.15) is 0 Å². The fourth-order valence-corrected chi connectivity index (χ4v) is 3.13. The summed E-state index contributed by atoms with van der Waals surface area (Å²) in [6.45, 7) is 3.14. The van der Waals surface area contributed by atoms with Gasteiger partial charge in [-0.25, -0.2) is 0 Å². The van der Waals surface area contributed by atoms with E-state index in [1.165, 1.54) is 10.9 Å². The Morgan fingerprint density at radius 2 is 2.05 bits per heavy atom. The minimum absolute atomic E-state index is 0.385. The van der Waals surface area contributed by atoms with Crippen LogP contribution in [0.15, 0.2) is 34.9 Å². The van der Waals surface area contributed by atoms with Crippen molar-refractivity contribution in [3.05, 3.63) is 40.5 Å². The number of nitrogens with two attached hydrogens (primary N) is 1. The predicted molar refractivity (Wildman–Crippen MR) is 81.9 cm³/mol. The van der Waals surface area contributed by atoms with Gasteiger partial charge in [-0.2, -0.15) is 0 Å². The number of hydrogen-bond donors (Lipinski definition) is 1. The van der Waals surface area contributed by atoms with Crippen molar-refractivity contribution in [1.82, 2.24) is 9.88 Å². The van der Waals surface area contributed by atoms with Gasteiger partial charge in [0.2, 0.25) is 0 Å². The molecule has 1 aromatic heterocycles. The molecule has 3 rings (SSSR count). The number of benzene rings is 1. The number of likely N-dealkylation sites (tertiary alicyclic amines) is 1. The van der Waals surface area contributed by atoms with Crippen molar-refractivity contribution in [2.24, 2.45) is 5.73 Å². The molecule has 1 saturated heterocycles. The minimum Gasteiger partial charge on any atom is -0.328 e. The first-order valence-electron chi connectivity index (χ1n) is 6.74. The lowest BCUT2D eigenvalue weighted by molar-refractivity contribution is 0.206. The molecular weight excluding hydrogens is 302 g/mol. The van der Waals surface area contributed by atoms with Gasteiger partial charge in [0, 0.05) is 28.6 Å². The molecule has 1 aromatic carbocycles. The number of piperidine rings is 1. The van der Waals surface area contributed by atoms with Crippen LogP contribution in [0, 0.1) is 0 Å². The molecule has 0 atom stereocenters. The summed E-state index contributed by atoms with van der Waals surface area (Å²) in [6.07, 6.45) is 4.06. The van der Waals surface area contributed by atoms with Gasteiger partial charge < -0.3 is 5.73 Å². The van der Waals surface area contributed by atoms with Gasteiger partial charge in [-0.15, -0.1) is 0 Å². The van der Waals surface area contributed by atoms with Gasteiger partial charge >= 0.3 is 0 Å². The Labute approximate surface area is 121 Å². The number of nitrogens with zero attached hydrogens (tertiary/aromatic N) is 2. The highest BCUT2D eigenvalue weighted by atomic mass is 79.9. The number of aromatic nitrogens is 1. The summed E-state index contributed by atoms with van der Waals surface area (Å²) in [7, 11) is 0. The van der Waals surface area contributed by atoms with Crippen molar-refractivity contribution in [1.29, 1.82) is 0 Å². The largest absolute Gasteiger partial charge is 0.328 e. The minimum atomic E-state index is 0.385. The lowest BCUT2D eigenvalue weighted by Gasteiger charge is -2.30. The zero-order valence-electron chi connectivity index (χ0n) is 10.8. The van der Waals surface area contributed by atoms with Crippen molar-refractivity contribution >= 4 is 26.8 Å². The molecule has 100 valence electrons. The fraction of sp³-hybridized carbons (Fsp3) is 0.400. The van der Waals surface area contributed by atoms with E-state index in [4.69, 9.17) is 5.73 Å². The van der Waals surface area contributed by atoms with Crippen LogP contribution >= 0.6 is 15.9 Å².